The number of aromatic nitrogens is 5. The molecule has 0 atom stereocenters. The number of rotatable bonds is 5. The van der Waals surface area contributed by atoms with Gasteiger partial charge in [-0.15, -0.1) is 0 Å². The van der Waals surface area contributed by atoms with Crippen LogP contribution in [0.3, 0.4) is 0 Å². The SMILES string of the molecule is O=C(NCc1ccc(F)c(F)c1)c1cc(-c2[nH]ncc2-c2ccc(=O)[nH]c2)n[nH]1. The highest BCUT2D eigenvalue weighted by atomic mass is 19.2. The number of pyridine rings is 1. The highest BCUT2D eigenvalue weighted by molar-refractivity contribution is 5.93. The first-order valence-electron chi connectivity index (χ1n) is 8.51. The van der Waals surface area contributed by atoms with Crippen LogP contribution >= 0.6 is 0 Å². The molecule has 10 heteroatoms. The van der Waals surface area contributed by atoms with Crippen molar-refractivity contribution in [3.63, 3.8) is 0 Å². The molecule has 3 heterocycles. The van der Waals surface area contributed by atoms with Crippen LogP contribution in [-0.4, -0.2) is 31.3 Å². The Morgan fingerprint density at radius 2 is 1.93 bits per heavy atom. The number of hydrogen-bond donors (Lipinski definition) is 4. The number of aromatic amines is 3. The van der Waals surface area contributed by atoms with Crippen LogP contribution in [0.2, 0.25) is 0 Å². The standard InChI is InChI=1S/C19H14F2N6O2/c20-13-3-1-10(5-14(13)21)7-23-19(29)16-6-15(25-26-16)18-12(9-24-27-18)11-2-4-17(28)22-8-11/h1-6,8-9H,7H2,(H,22,28)(H,23,29)(H,24,27)(H,25,26). The van der Waals surface area contributed by atoms with E-state index in [1.165, 1.54) is 18.2 Å². The Bertz CT molecular complexity index is 1220. The lowest BCUT2D eigenvalue weighted by atomic mass is 10.1. The molecule has 4 aromatic rings. The molecule has 3 aromatic heterocycles. The van der Waals surface area contributed by atoms with E-state index < -0.39 is 17.5 Å². The predicted molar refractivity (Wildman–Crippen MR) is 99.8 cm³/mol. The first kappa shape index (κ1) is 18.3. The molecule has 0 aliphatic carbocycles. The smallest absolute Gasteiger partial charge is 0.269 e. The lowest BCUT2D eigenvalue weighted by molar-refractivity contribution is 0.0946. The molecule has 8 nitrogen and oxygen atoms in total. The van der Waals surface area contributed by atoms with Crippen molar-refractivity contribution in [1.29, 1.82) is 0 Å². The zero-order chi connectivity index (χ0) is 20.4. The Morgan fingerprint density at radius 1 is 1.07 bits per heavy atom. The zero-order valence-electron chi connectivity index (χ0n) is 14.8. The summed E-state index contributed by atoms with van der Waals surface area (Å²) in [6.45, 7) is 0.0249. The van der Waals surface area contributed by atoms with E-state index in [4.69, 9.17) is 0 Å². The lowest BCUT2D eigenvalue weighted by Gasteiger charge is -2.04. The van der Waals surface area contributed by atoms with Gasteiger partial charge in [0.05, 0.1) is 11.9 Å². The van der Waals surface area contributed by atoms with Gasteiger partial charge in [0.1, 0.15) is 11.4 Å². The maximum Gasteiger partial charge on any atom is 0.269 e. The second kappa shape index (κ2) is 7.50. The number of carbonyl (C=O) groups is 1. The molecule has 0 spiro atoms. The van der Waals surface area contributed by atoms with E-state index in [0.29, 0.717) is 22.5 Å². The highest BCUT2D eigenvalue weighted by Crippen LogP contribution is 2.28. The Labute approximate surface area is 162 Å². The van der Waals surface area contributed by atoms with Crippen molar-refractivity contribution in [3.8, 4) is 22.5 Å². The van der Waals surface area contributed by atoms with Gasteiger partial charge < -0.3 is 10.3 Å². The van der Waals surface area contributed by atoms with Crippen molar-refractivity contribution in [2.24, 2.45) is 0 Å². The van der Waals surface area contributed by atoms with E-state index >= 15 is 0 Å². The lowest BCUT2D eigenvalue weighted by Crippen LogP contribution is -2.23. The summed E-state index contributed by atoms with van der Waals surface area (Å²) >= 11 is 0. The molecular weight excluding hydrogens is 382 g/mol. The van der Waals surface area contributed by atoms with Crippen LogP contribution in [0.25, 0.3) is 22.5 Å². The summed E-state index contributed by atoms with van der Waals surface area (Å²) < 4.78 is 26.2. The van der Waals surface area contributed by atoms with Gasteiger partial charge in [-0.3, -0.25) is 19.8 Å². The average molecular weight is 396 g/mol. The van der Waals surface area contributed by atoms with Crippen LogP contribution in [0.15, 0.2) is 53.6 Å². The number of amides is 1. The topological polar surface area (TPSA) is 119 Å². The van der Waals surface area contributed by atoms with E-state index in [2.05, 4.69) is 30.7 Å². The number of nitrogens with one attached hydrogen (secondary N) is 4. The largest absolute Gasteiger partial charge is 0.347 e. The normalized spacial score (nSPS) is 10.8. The Morgan fingerprint density at radius 3 is 2.69 bits per heavy atom. The molecule has 0 bridgehead atoms. The number of hydrogen-bond acceptors (Lipinski definition) is 4. The maximum absolute atomic E-state index is 13.3. The van der Waals surface area contributed by atoms with Gasteiger partial charge in [0.25, 0.3) is 5.91 Å². The van der Waals surface area contributed by atoms with Crippen LogP contribution in [0.1, 0.15) is 16.1 Å². The van der Waals surface area contributed by atoms with Crippen molar-refractivity contribution in [2.75, 3.05) is 0 Å². The molecule has 146 valence electrons. The summed E-state index contributed by atoms with van der Waals surface area (Å²) in [5.41, 5.74) is 2.81. The van der Waals surface area contributed by atoms with Crippen molar-refractivity contribution in [1.82, 2.24) is 30.7 Å². The molecule has 0 aliphatic heterocycles. The fourth-order valence-corrected chi connectivity index (χ4v) is 2.77. The molecule has 0 fully saturated rings. The Balaban J connectivity index is 1.51. The van der Waals surface area contributed by atoms with Crippen molar-refractivity contribution < 1.29 is 13.6 Å². The maximum atomic E-state index is 13.3. The summed E-state index contributed by atoms with van der Waals surface area (Å²) in [7, 11) is 0. The van der Waals surface area contributed by atoms with Crippen molar-refractivity contribution >= 4 is 5.91 Å². The summed E-state index contributed by atoms with van der Waals surface area (Å²) in [4.78, 5) is 26.2. The third kappa shape index (κ3) is 3.81. The number of nitrogens with zero attached hydrogens (tertiary/aromatic N) is 2. The molecule has 1 aromatic carbocycles. The van der Waals surface area contributed by atoms with E-state index in [9.17, 15) is 18.4 Å². The minimum absolute atomic E-state index is 0.0249. The average Bonchev–Trinajstić information content (AvgIpc) is 3.38. The quantitative estimate of drug-likeness (QED) is 0.414. The molecule has 0 radical (unpaired) electrons. The monoisotopic (exact) mass is 396 g/mol. The van der Waals surface area contributed by atoms with Gasteiger partial charge >= 0.3 is 0 Å². The van der Waals surface area contributed by atoms with E-state index in [1.54, 1.807) is 18.5 Å². The first-order valence-corrected chi connectivity index (χ1v) is 8.51. The number of carbonyl (C=O) groups excluding carboxylic acids is 1. The van der Waals surface area contributed by atoms with Gasteiger partial charge in [-0.1, -0.05) is 6.07 Å². The van der Waals surface area contributed by atoms with Crippen molar-refractivity contribution in [2.45, 2.75) is 6.54 Å². The number of H-pyrrole nitrogens is 3. The third-order valence-corrected chi connectivity index (χ3v) is 4.25. The third-order valence-electron chi connectivity index (χ3n) is 4.25. The van der Waals surface area contributed by atoms with E-state index in [0.717, 1.165) is 17.7 Å². The first-order chi connectivity index (χ1) is 14.0. The second-order valence-corrected chi connectivity index (χ2v) is 6.20. The molecule has 29 heavy (non-hydrogen) atoms. The molecule has 0 unspecified atom stereocenters. The summed E-state index contributed by atoms with van der Waals surface area (Å²) in [6.07, 6.45) is 3.14. The molecule has 1 amide bonds. The molecular formula is C19H14F2N6O2. The molecule has 0 aliphatic rings. The van der Waals surface area contributed by atoms with Gasteiger partial charge in [0.2, 0.25) is 5.56 Å². The van der Waals surface area contributed by atoms with Crippen LogP contribution < -0.4 is 10.9 Å². The fourth-order valence-electron chi connectivity index (χ4n) is 2.77. The Kier molecular flexibility index (Phi) is 4.73. The van der Waals surface area contributed by atoms with Gasteiger partial charge in [-0.25, -0.2) is 8.78 Å². The Hall–Kier alpha value is -4.08. The van der Waals surface area contributed by atoms with Gasteiger partial charge in [-0.2, -0.15) is 10.2 Å². The van der Waals surface area contributed by atoms with Gasteiger partial charge in [0.15, 0.2) is 11.6 Å². The fraction of sp³-hybridized carbons (Fsp3) is 0.0526. The summed E-state index contributed by atoms with van der Waals surface area (Å²) in [5.74, 6) is -2.38. The molecule has 4 rings (SSSR count). The summed E-state index contributed by atoms with van der Waals surface area (Å²) in [5, 5.41) is 16.2. The molecule has 0 saturated heterocycles. The van der Waals surface area contributed by atoms with E-state index in [-0.39, 0.29) is 17.8 Å². The molecule has 0 saturated carbocycles. The molecule has 4 N–H and O–H groups in total. The van der Waals surface area contributed by atoms with Gasteiger partial charge in [-0.05, 0) is 29.8 Å². The van der Waals surface area contributed by atoms with Crippen molar-refractivity contribution in [3.05, 3.63) is 82.0 Å². The minimum Gasteiger partial charge on any atom is -0.347 e. The predicted octanol–water partition coefficient (Wildman–Crippen LogP) is 2.36. The number of halogens is 2. The van der Waals surface area contributed by atoms with Crippen LogP contribution in [0.5, 0.6) is 0 Å². The highest BCUT2D eigenvalue weighted by Gasteiger charge is 2.16. The minimum atomic E-state index is -0.977. The van der Waals surface area contributed by atoms with Crippen LogP contribution in [0.4, 0.5) is 8.78 Å². The van der Waals surface area contributed by atoms with Crippen LogP contribution in [0, 0.1) is 11.6 Å². The van der Waals surface area contributed by atoms with E-state index in [1.807, 2.05) is 0 Å². The number of benzene rings is 1. The summed E-state index contributed by atoms with van der Waals surface area (Å²) in [6, 6.07) is 7.99. The second-order valence-electron chi connectivity index (χ2n) is 6.20. The zero-order valence-corrected chi connectivity index (χ0v) is 14.8. The van der Waals surface area contributed by atoms with Crippen LogP contribution in [-0.2, 0) is 6.54 Å². The van der Waals surface area contributed by atoms with Gasteiger partial charge in [0, 0.05) is 29.9 Å².